The van der Waals surface area contributed by atoms with E-state index >= 15 is 0 Å². The Bertz CT molecular complexity index is 945. The van der Waals surface area contributed by atoms with Gasteiger partial charge in [0.2, 0.25) is 0 Å². The third-order valence-electron chi connectivity index (χ3n) is 8.91. The fraction of sp³-hybridized carbons (Fsp3) is 0.895. The van der Waals surface area contributed by atoms with Crippen LogP contribution in [-0.4, -0.2) is 102 Å². The fourth-order valence-corrected chi connectivity index (χ4v) is 5.95. The summed E-state index contributed by atoms with van der Waals surface area (Å²) in [6.07, 6.45) is 9.11. The second kappa shape index (κ2) is 29.2. The molecule has 0 aromatic rings. The standard InChI is InChI=1S/C38H68O13/c1-5-7-9-11-13-15-17-19-21-23-33(44)50-36-35(48-29(4)41)32(27-46-28(3)40)49-38(47-26-31(43)30(42)25-39)37(36)51-34(45)24-22-20-18-16-14-12-10-8-6-2/h30-32,35-39,42-43H,5-27H2,1-4H3/t30?,31?,32-,35-,36+,37+,38?/m1/s1. The Hall–Kier alpha value is -2.32. The van der Waals surface area contributed by atoms with Crippen molar-refractivity contribution in [2.45, 2.75) is 199 Å². The number of hydrogen-bond donors (Lipinski definition) is 3. The first-order valence-corrected chi connectivity index (χ1v) is 19.5. The monoisotopic (exact) mass is 732 g/mol. The van der Waals surface area contributed by atoms with Gasteiger partial charge in [0, 0.05) is 26.7 Å². The minimum atomic E-state index is -1.54. The lowest BCUT2D eigenvalue weighted by atomic mass is 9.97. The summed E-state index contributed by atoms with van der Waals surface area (Å²) in [4.78, 5) is 50.4. The molecule has 1 fully saturated rings. The van der Waals surface area contributed by atoms with Crippen molar-refractivity contribution >= 4 is 23.9 Å². The van der Waals surface area contributed by atoms with Gasteiger partial charge < -0.3 is 43.7 Å². The van der Waals surface area contributed by atoms with E-state index in [4.69, 9.17) is 28.4 Å². The maximum Gasteiger partial charge on any atom is 0.306 e. The third kappa shape index (κ3) is 21.7. The average Bonchev–Trinajstić information content (AvgIpc) is 3.09. The van der Waals surface area contributed by atoms with E-state index in [1.807, 2.05) is 0 Å². The maximum atomic E-state index is 13.2. The molecule has 1 rings (SSSR count). The van der Waals surface area contributed by atoms with Gasteiger partial charge in [0.1, 0.15) is 24.9 Å². The van der Waals surface area contributed by atoms with Gasteiger partial charge >= 0.3 is 23.9 Å². The highest BCUT2D eigenvalue weighted by molar-refractivity contribution is 5.71. The Labute approximate surface area is 305 Å². The van der Waals surface area contributed by atoms with Gasteiger partial charge in [-0.3, -0.25) is 19.2 Å². The second-order valence-electron chi connectivity index (χ2n) is 13.6. The Kier molecular flexibility index (Phi) is 26.7. The molecule has 298 valence electrons. The highest BCUT2D eigenvalue weighted by atomic mass is 16.7. The van der Waals surface area contributed by atoms with Crippen LogP contribution in [0, 0.1) is 0 Å². The van der Waals surface area contributed by atoms with Gasteiger partial charge in [0.25, 0.3) is 0 Å². The molecule has 1 aliphatic heterocycles. The van der Waals surface area contributed by atoms with Gasteiger partial charge in [-0.05, 0) is 12.8 Å². The van der Waals surface area contributed by atoms with Crippen LogP contribution in [0.1, 0.15) is 156 Å². The lowest BCUT2D eigenvalue weighted by Crippen LogP contribution is -2.63. The molecule has 0 spiro atoms. The van der Waals surface area contributed by atoms with Crippen LogP contribution < -0.4 is 0 Å². The molecule has 0 saturated carbocycles. The van der Waals surface area contributed by atoms with Crippen LogP contribution >= 0.6 is 0 Å². The van der Waals surface area contributed by atoms with Crippen LogP contribution in [0.5, 0.6) is 0 Å². The molecule has 0 aromatic carbocycles. The van der Waals surface area contributed by atoms with Crippen molar-refractivity contribution in [3.05, 3.63) is 0 Å². The molecule has 1 heterocycles. The number of unbranched alkanes of at least 4 members (excludes halogenated alkanes) is 16. The number of aliphatic hydroxyl groups is 3. The van der Waals surface area contributed by atoms with Gasteiger partial charge in [0.15, 0.2) is 24.6 Å². The highest BCUT2D eigenvalue weighted by Gasteiger charge is 2.53. The van der Waals surface area contributed by atoms with E-state index < -0.39 is 86.6 Å². The van der Waals surface area contributed by atoms with Crippen molar-refractivity contribution in [3.63, 3.8) is 0 Å². The van der Waals surface area contributed by atoms with Crippen molar-refractivity contribution in [3.8, 4) is 0 Å². The molecule has 13 heteroatoms. The van der Waals surface area contributed by atoms with Crippen LogP contribution in [0.4, 0.5) is 0 Å². The molecule has 3 N–H and O–H groups in total. The zero-order chi connectivity index (χ0) is 37.9. The highest BCUT2D eigenvalue weighted by Crippen LogP contribution is 2.31. The fourth-order valence-electron chi connectivity index (χ4n) is 5.95. The van der Waals surface area contributed by atoms with E-state index in [0.717, 1.165) is 58.3 Å². The summed E-state index contributed by atoms with van der Waals surface area (Å²) in [5.74, 6) is -2.61. The smallest absolute Gasteiger partial charge is 0.306 e. The molecule has 7 atom stereocenters. The number of ether oxygens (including phenoxy) is 6. The number of esters is 4. The lowest BCUT2D eigenvalue weighted by molar-refractivity contribution is -0.312. The van der Waals surface area contributed by atoms with Gasteiger partial charge in [0.05, 0.1) is 13.2 Å². The first kappa shape index (κ1) is 46.7. The maximum absolute atomic E-state index is 13.2. The van der Waals surface area contributed by atoms with Crippen LogP contribution in [0.25, 0.3) is 0 Å². The summed E-state index contributed by atoms with van der Waals surface area (Å²) in [5.41, 5.74) is 0. The van der Waals surface area contributed by atoms with Crippen LogP contribution in [0.3, 0.4) is 0 Å². The Morgan fingerprint density at radius 3 is 1.47 bits per heavy atom. The summed E-state index contributed by atoms with van der Waals surface area (Å²) < 4.78 is 34.2. The molecule has 0 aromatic heterocycles. The van der Waals surface area contributed by atoms with E-state index in [2.05, 4.69) is 13.8 Å². The van der Waals surface area contributed by atoms with E-state index in [0.29, 0.717) is 12.8 Å². The summed E-state index contributed by atoms with van der Waals surface area (Å²) >= 11 is 0. The summed E-state index contributed by atoms with van der Waals surface area (Å²) in [7, 11) is 0. The number of carbonyl (C=O) groups excluding carboxylic acids is 4. The minimum Gasteiger partial charge on any atom is -0.463 e. The quantitative estimate of drug-likeness (QED) is 0.0471. The van der Waals surface area contributed by atoms with Gasteiger partial charge in [-0.1, -0.05) is 117 Å². The molecule has 13 nitrogen and oxygen atoms in total. The molecule has 0 aliphatic carbocycles. The lowest BCUT2D eigenvalue weighted by Gasteiger charge is -2.44. The van der Waals surface area contributed by atoms with E-state index in [9.17, 15) is 34.5 Å². The molecule has 1 aliphatic rings. The molecule has 1 saturated heterocycles. The van der Waals surface area contributed by atoms with Gasteiger partial charge in [-0.2, -0.15) is 0 Å². The summed E-state index contributed by atoms with van der Waals surface area (Å²) in [6, 6.07) is 0. The van der Waals surface area contributed by atoms with E-state index in [-0.39, 0.29) is 12.8 Å². The summed E-state index contributed by atoms with van der Waals surface area (Å²) in [5, 5.41) is 29.4. The minimum absolute atomic E-state index is 0.0686. The van der Waals surface area contributed by atoms with Crippen LogP contribution in [-0.2, 0) is 47.6 Å². The number of carbonyl (C=O) groups is 4. The second-order valence-corrected chi connectivity index (χ2v) is 13.6. The number of aliphatic hydroxyl groups excluding tert-OH is 3. The topological polar surface area (TPSA) is 184 Å². The first-order valence-electron chi connectivity index (χ1n) is 19.5. The predicted molar refractivity (Wildman–Crippen MR) is 189 cm³/mol. The molecular weight excluding hydrogens is 664 g/mol. The predicted octanol–water partition coefficient (Wildman–Crippen LogP) is 5.60. The summed E-state index contributed by atoms with van der Waals surface area (Å²) in [6.45, 7) is 4.99. The SMILES string of the molecule is CCCCCCCCCCCC(=O)O[C@H]1[C@H](OC(C)=O)[C@@H](COC(C)=O)OC(OCC(O)C(O)CO)[C@H]1OC(=O)CCCCCCCCCCC. The molecule has 51 heavy (non-hydrogen) atoms. The number of hydrogen-bond acceptors (Lipinski definition) is 13. The van der Waals surface area contributed by atoms with Gasteiger partial charge in [-0.25, -0.2) is 0 Å². The zero-order valence-electron chi connectivity index (χ0n) is 31.7. The molecule has 0 amide bonds. The zero-order valence-corrected chi connectivity index (χ0v) is 31.7. The van der Waals surface area contributed by atoms with E-state index in [1.165, 1.54) is 58.3 Å². The van der Waals surface area contributed by atoms with Crippen LogP contribution in [0.15, 0.2) is 0 Å². The Morgan fingerprint density at radius 2 is 1.04 bits per heavy atom. The first-order chi connectivity index (χ1) is 24.5. The Morgan fingerprint density at radius 1 is 0.588 bits per heavy atom. The third-order valence-corrected chi connectivity index (χ3v) is 8.91. The van der Waals surface area contributed by atoms with Crippen molar-refractivity contribution in [2.75, 3.05) is 19.8 Å². The van der Waals surface area contributed by atoms with Gasteiger partial charge in [-0.15, -0.1) is 0 Å². The van der Waals surface area contributed by atoms with Crippen molar-refractivity contribution in [2.24, 2.45) is 0 Å². The molecule has 0 radical (unpaired) electrons. The van der Waals surface area contributed by atoms with Crippen molar-refractivity contribution < 1.29 is 62.9 Å². The van der Waals surface area contributed by atoms with Crippen molar-refractivity contribution in [1.82, 2.24) is 0 Å². The largest absolute Gasteiger partial charge is 0.463 e. The van der Waals surface area contributed by atoms with Crippen LogP contribution in [0.2, 0.25) is 0 Å². The molecule has 0 bridgehead atoms. The Balaban J connectivity index is 3.10. The average molecular weight is 733 g/mol. The molecular formula is C38H68O13. The molecule has 3 unspecified atom stereocenters. The number of rotatable bonds is 30. The van der Waals surface area contributed by atoms with E-state index in [1.54, 1.807) is 0 Å². The normalized spacial score (nSPS) is 21.4. The van der Waals surface area contributed by atoms with Crippen molar-refractivity contribution in [1.29, 1.82) is 0 Å².